The van der Waals surface area contributed by atoms with Crippen LogP contribution in [-0.4, -0.2) is 34.5 Å². The molecule has 2 aliphatic heterocycles. The van der Waals surface area contributed by atoms with Gasteiger partial charge in [-0.2, -0.15) is 0 Å². The van der Waals surface area contributed by atoms with E-state index in [-0.39, 0.29) is 41.0 Å². The average molecular weight is 706 g/mol. The summed E-state index contributed by atoms with van der Waals surface area (Å²) in [5.74, 6) is -6.60. The number of halogens is 3. The number of carbonyl (C=O) groups is 5. The van der Waals surface area contributed by atoms with Gasteiger partial charge in [0.15, 0.2) is 5.78 Å². The number of phenols is 1. The van der Waals surface area contributed by atoms with Gasteiger partial charge in [0.2, 0.25) is 23.6 Å². The Morgan fingerprint density at radius 1 is 0.935 bits per heavy atom. The third-order valence-corrected chi connectivity index (χ3v) is 11.1. The maximum Gasteiger partial charge on any atom is 0.241 e. The fraction of sp³-hybridized carbons (Fsp3) is 0.286. The fourth-order valence-corrected chi connectivity index (χ4v) is 8.64. The molecule has 1 saturated carbocycles. The van der Waals surface area contributed by atoms with Gasteiger partial charge in [-0.05, 0) is 93.3 Å². The number of ketones is 1. The first-order valence-electron chi connectivity index (χ1n) is 14.8. The largest absolute Gasteiger partial charge is 0.508 e. The van der Waals surface area contributed by atoms with E-state index in [0.29, 0.717) is 26.9 Å². The lowest BCUT2D eigenvalue weighted by Crippen LogP contribution is -2.48. The molecular formula is C35H27BrClFN2O6. The zero-order chi connectivity index (χ0) is 32.8. The van der Waals surface area contributed by atoms with Crippen LogP contribution in [0.5, 0.6) is 5.75 Å². The highest BCUT2D eigenvalue weighted by molar-refractivity contribution is 9.10. The number of Topliss-reactive ketones (excluding diaryl/α,β-unsaturated/α-hetero) is 1. The summed E-state index contributed by atoms with van der Waals surface area (Å²) in [6, 6.07) is 14.8. The zero-order valence-corrected chi connectivity index (χ0v) is 27.0. The van der Waals surface area contributed by atoms with Crippen molar-refractivity contribution in [3.05, 3.63) is 98.8 Å². The van der Waals surface area contributed by atoms with Gasteiger partial charge in [0.05, 0.1) is 39.6 Å². The van der Waals surface area contributed by atoms with E-state index in [1.807, 2.05) is 6.08 Å². The van der Waals surface area contributed by atoms with Crippen molar-refractivity contribution in [3.8, 4) is 5.75 Å². The number of benzene rings is 3. The summed E-state index contributed by atoms with van der Waals surface area (Å²) in [6.07, 6.45) is 2.23. The Hall–Kier alpha value is -4.15. The van der Waals surface area contributed by atoms with Gasteiger partial charge in [0, 0.05) is 21.5 Å². The second-order valence-electron chi connectivity index (χ2n) is 12.6. The van der Waals surface area contributed by atoms with E-state index in [1.165, 1.54) is 25.1 Å². The number of anilines is 2. The maximum absolute atomic E-state index is 14.5. The number of hydrogen-bond donors (Lipinski definition) is 1. The molecule has 0 bridgehead atoms. The van der Waals surface area contributed by atoms with Gasteiger partial charge in [0.1, 0.15) is 11.6 Å². The van der Waals surface area contributed by atoms with E-state index < -0.39 is 58.5 Å². The molecule has 4 aliphatic rings. The van der Waals surface area contributed by atoms with Gasteiger partial charge >= 0.3 is 0 Å². The van der Waals surface area contributed by atoms with Crippen LogP contribution in [0.3, 0.4) is 0 Å². The highest BCUT2D eigenvalue weighted by atomic mass is 79.9. The van der Waals surface area contributed by atoms with Crippen LogP contribution in [0.4, 0.5) is 15.8 Å². The Morgan fingerprint density at radius 2 is 1.63 bits per heavy atom. The van der Waals surface area contributed by atoms with Gasteiger partial charge in [0.25, 0.3) is 0 Å². The van der Waals surface area contributed by atoms with E-state index in [0.717, 1.165) is 15.9 Å². The van der Waals surface area contributed by atoms with Gasteiger partial charge in [-0.3, -0.25) is 28.9 Å². The molecule has 3 fully saturated rings. The Labute approximate surface area is 276 Å². The van der Waals surface area contributed by atoms with Crippen LogP contribution in [0.1, 0.15) is 48.5 Å². The standard InChI is InChI=1S/C35H27BrClFN2O6/c1-16(41)17-3-6-19(7-4-17)39-31(43)22-10-9-21-23(29(22)33(39)45)15-25-32(44)40(20-8-11-27(38)26(37)14-20)34(46)35(25,2)30(21)24-13-18(36)5-12-28(24)42/h3-9,11-14,22-23,25,29-30,42H,10,15H2,1-2H3/t22-,23+,25-,29-,30+,35+/m0/s1. The number of hydrogen-bond acceptors (Lipinski definition) is 6. The molecule has 0 spiro atoms. The molecule has 2 saturated heterocycles. The number of imide groups is 2. The van der Waals surface area contributed by atoms with Gasteiger partial charge in [-0.1, -0.05) is 39.2 Å². The fourth-order valence-electron chi connectivity index (χ4n) is 8.09. The summed E-state index contributed by atoms with van der Waals surface area (Å²) in [6.45, 7) is 3.13. The van der Waals surface area contributed by atoms with Crippen LogP contribution in [0.2, 0.25) is 5.02 Å². The van der Waals surface area contributed by atoms with Crippen LogP contribution < -0.4 is 9.80 Å². The van der Waals surface area contributed by atoms with Crippen LogP contribution in [-0.2, 0) is 19.2 Å². The van der Waals surface area contributed by atoms with Crippen molar-refractivity contribution in [1.29, 1.82) is 0 Å². The molecule has 3 aromatic rings. The molecule has 3 aromatic carbocycles. The molecule has 4 amide bonds. The van der Waals surface area contributed by atoms with Crippen molar-refractivity contribution in [3.63, 3.8) is 0 Å². The minimum absolute atomic E-state index is 0.0820. The minimum atomic E-state index is -1.39. The second kappa shape index (κ2) is 10.7. The quantitative estimate of drug-likeness (QED) is 0.186. The van der Waals surface area contributed by atoms with Crippen LogP contribution in [0, 0.1) is 34.9 Å². The maximum atomic E-state index is 14.5. The van der Waals surface area contributed by atoms with Gasteiger partial charge < -0.3 is 5.11 Å². The summed E-state index contributed by atoms with van der Waals surface area (Å²) < 4.78 is 14.7. The first-order chi connectivity index (χ1) is 21.8. The van der Waals surface area contributed by atoms with Gasteiger partial charge in [-0.15, -0.1) is 0 Å². The first-order valence-corrected chi connectivity index (χ1v) is 16.0. The summed E-state index contributed by atoms with van der Waals surface area (Å²) in [5, 5.41) is 10.9. The van der Waals surface area contributed by atoms with Crippen molar-refractivity contribution < 1.29 is 33.5 Å². The number of rotatable bonds is 4. The van der Waals surface area contributed by atoms with Crippen molar-refractivity contribution in [2.45, 2.75) is 32.6 Å². The zero-order valence-electron chi connectivity index (χ0n) is 24.7. The number of nitrogens with zero attached hydrogens (tertiary/aromatic N) is 2. The number of allylic oxidation sites excluding steroid dienone is 2. The molecule has 0 unspecified atom stereocenters. The lowest BCUT2D eigenvalue weighted by atomic mass is 9.51. The normalized spacial score (nSPS) is 28.6. The topological polar surface area (TPSA) is 112 Å². The summed E-state index contributed by atoms with van der Waals surface area (Å²) in [7, 11) is 0. The Bertz CT molecular complexity index is 1930. The minimum Gasteiger partial charge on any atom is -0.508 e. The van der Waals surface area contributed by atoms with Crippen LogP contribution >= 0.6 is 27.5 Å². The average Bonchev–Trinajstić information content (AvgIpc) is 3.39. The number of fused-ring (bicyclic) bond motifs is 4. The monoisotopic (exact) mass is 704 g/mol. The third-order valence-electron chi connectivity index (χ3n) is 10.3. The van der Waals surface area contributed by atoms with Gasteiger partial charge in [-0.25, -0.2) is 9.29 Å². The molecule has 8 nitrogen and oxygen atoms in total. The summed E-state index contributed by atoms with van der Waals surface area (Å²) in [4.78, 5) is 70.7. The molecular weight excluding hydrogens is 679 g/mol. The number of carbonyl (C=O) groups excluding carboxylic acids is 5. The predicted molar refractivity (Wildman–Crippen MR) is 171 cm³/mol. The summed E-state index contributed by atoms with van der Waals surface area (Å²) >= 11 is 9.53. The Balaban J connectivity index is 1.36. The molecule has 2 heterocycles. The second-order valence-corrected chi connectivity index (χ2v) is 13.9. The third kappa shape index (κ3) is 4.26. The van der Waals surface area contributed by atoms with Crippen LogP contribution in [0.15, 0.2) is 76.8 Å². The first kappa shape index (κ1) is 30.5. The number of phenolic OH excluding ortho intramolecular Hbond substituents is 1. The van der Waals surface area contributed by atoms with Crippen LogP contribution in [0.25, 0.3) is 0 Å². The smallest absolute Gasteiger partial charge is 0.241 e. The molecule has 0 radical (unpaired) electrons. The number of amides is 4. The molecule has 2 aliphatic carbocycles. The molecule has 0 aromatic heterocycles. The number of aromatic hydroxyl groups is 1. The van der Waals surface area contributed by atoms with Crippen molar-refractivity contribution in [2.24, 2.45) is 29.1 Å². The Kier molecular flexibility index (Phi) is 7.10. The molecule has 46 heavy (non-hydrogen) atoms. The van der Waals surface area contributed by atoms with E-state index in [9.17, 15) is 33.5 Å². The SMILES string of the molecule is CC(=O)c1ccc(N2C(=O)[C@H]3[C@H](CC=C4[C@H]3C[C@H]3C(=O)N(c5ccc(F)c(Cl)c5)C(=O)[C@@]3(C)[C@H]4c3cc(Br)ccc3O)C2=O)cc1. The van der Waals surface area contributed by atoms with E-state index in [1.54, 1.807) is 43.3 Å². The van der Waals surface area contributed by atoms with E-state index in [2.05, 4.69) is 15.9 Å². The molecule has 234 valence electrons. The lowest BCUT2D eigenvalue weighted by molar-refractivity contribution is -0.131. The Morgan fingerprint density at radius 3 is 2.30 bits per heavy atom. The van der Waals surface area contributed by atoms with Crippen molar-refractivity contribution in [1.82, 2.24) is 0 Å². The molecule has 11 heteroatoms. The molecule has 1 N–H and O–H groups in total. The van der Waals surface area contributed by atoms with E-state index in [4.69, 9.17) is 11.6 Å². The summed E-state index contributed by atoms with van der Waals surface area (Å²) in [5.41, 5.74) is 0.650. The van der Waals surface area contributed by atoms with Crippen molar-refractivity contribution in [2.75, 3.05) is 9.80 Å². The van der Waals surface area contributed by atoms with E-state index >= 15 is 0 Å². The molecule has 7 rings (SSSR count). The highest BCUT2D eigenvalue weighted by Crippen LogP contribution is 2.64. The molecule has 6 atom stereocenters. The highest BCUT2D eigenvalue weighted by Gasteiger charge is 2.68. The lowest BCUT2D eigenvalue weighted by Gasteiger charge is -2.49. The van der Waals surface area contributed by atoms with Crippen molar-refractivity contribution >= 4 is 68.3 Å². The predicted octanol–water partition coefficient (Wildman–Crippen LogP) is 6.59.